The van der Waals surface area contributed by atoms with Gasteiger partial charge in [-0.1, -0.05) is 13.8 Å². The third kappa shape index (κ3) is 4.20. The van der Waals surface area contributed by atoms with Crippen LogP contribution in [0.4, 0.5) is 0 Å². The Morgan fingerprint density at radius 2 is 2.39 bits per heavy atom. The van der Waals surface area contributed by atoms with E-state index in [1.807, 2.05) is 6.07 Å². The molecule has 5 nitrogen and oxygen atoms in total. The van der Waals surface area contributed by atoms with Gasteiger partial charge in [0.1, 0.15) is 0 Å². The second-order valence-electron chi connectivity index (χ2n) is 6.44. The summed E-state index contributed by atoms with van der Waals surface area (Å²) in [5.74, 6) is 0.408. The molecule has 2 heterocycles. The van der Waals surface area contributed by atoms with Crippen LogP contribution in [0.2, 0.25) is 0 Å². The fourth-order valence-corrected chi connectivity index (χ4v) is 3.78. The molecule has 6 heteroatoms. The van der Waals surface area contributed by atoms with E-state index in [-0.39, 0.29) is 5.91 Å². The summed E-state index contributed by atoms with van der Waals surface area (Å²) in [5.41, 5.74) is 2.26. The van der Waals surface area contributed by atoms with E-state index < -0.39 is 0 Å². The van der Waals surface area contributed by atoms with Gasteiger partial charge in [0.05, 0.1) is 18.2 Å². The Balaban J connectivity index is 1.57. The number of nitrogens with zero attached hydrogens (tertiary/aromatic N) is 1. The summed E-state index contributed by atoms with van der Waals surface area (Å²) in [6.07, 6.45) is 6.41. The van der Waals surface area contributed by atoms with E-state index >= 15 is 0 Å². The third-order valence-corrected chi connectivity index (χ3v) is 5.10. The lowest BCUT2D eigenvalue weighted by molar-refractivity contribution is 0.0948. The first kappa shape index (κ1) is 16.2. The molecule has 0 aliphatic heterocycles. The second kappa shape index (κ2) is 7.27. The summed E-state index contributed by atoms with van der Waals surface area (Å²) >= 11 is 1.54. The molecule has 3 rings (SSSR count). The summed E-state index contributed by atoms with van der Waals surface area (Å²) in [5, 5.41) is 7.11. The average Bonchev–Trinajstić information content (AvgIpc) is 3.19. The highest BCUT2D eigenvalue weighted by atomic mass is 32.1. The fraction of sp³-hybridized carbons (Fsp3) is 0.529. The molecular formula is C17H23N3O2S. The molecule has 1 atom stereocenters. The summed E-state index contributed by atoms with van der Waals surface area (Å²) in [6.45, 7) is 5.68. The molecule has 2 aromatic heterocycles. The number of aromatic nitrogens is 1. The Kier molecular flexibility index (Phi) is 5.13. The molecule has 0 saturated carbocycles. The first-order chi connectivity index (χ1) is 11.1. The number of amides is 1. The van der Waals surface area contributed by atoms with Gasteiger partial charge in [-0.2, -0.15) is 0 Å². The highest BCUT2D eigenvalue weighted by Crippen LogP contribution is 2.27. The van der Waals surface area contributed by atoms with Gasteiger partial charge < -0.3 is 15.1 Å². The molecular weight excluding hydrogens is 310 g/mol. The van der Waals surface area contributed by atoms with Crippen molar-refractivity contribution in [3.8, 4) is 0 Å². The molecule has 124 valence electrons. The minimum atomic E-state index is -0.0407. The quantitative estimate of drug-likeness (QED) is 0.853. The van der Waals surface area contributed by atoms with Crippen molar-refractivity contribution >= 4 is 17.2 Å². The molecule has 23 heavy (non-hydrogen) atoms. The molecule has 0 spiro atoms. The van der Waals surface area contributed by atoms with Crippen molar-refractivity contribution in [2.45, 2.75) is 45.7 Å². The predicted octanol–water partition coefficient (Wildman–Crippen LogP) is 2.77. The van der Waals surface area contributed by atoms with Crippen molar-refractivity contribution in [2.24, 2.45) is 5.92 Å². The molecule has 0 fully saturated rings. The Labute approximate surface area is 140 Å². The van der Waals surface area contributed by atoms with E-state index in [0.29, 0.717) is 23.5 Å². The molecule has 0 saturated heterocycles. The second-order valence-corrected chi connectivity index (χ2v) is 7.53. The lowest BCUT2D eigenvalue weighted by atomic mass is 9.97. The maximum absolute atomic E-state index is 12.1. The van der Waals surface area contributed by atoms with Crippen molar-refractivity contribution in [3.05, 3.63) is 39.7 Å². The van der Waals surface area contributed by atoms with Gasteiger partial charge in [-0.05, 0) is 31.2 Å². The zero-order chi connectivity index (χ0) is 16.2. The van der Waals surface area contributed by atoms with Crippen molar-refractivity contribution in [3.63, 3.8) is 0 Å². The SMILES string of the molecule is CC(C)CNC(=O)c1nc2c(s1)C[C@H](NCc1ccoc1)CC2. The highest BCUT2D eigenvalue weighted by molar-refractivity contribution is 7.13. The Hall–Kier alpha value is -1.66. The van der Waals surface area contributed by atoms with Crippen LogP contribution in [-0.2, 0) is 19.4 Å². The van der Waals surface area contributed by atoms with E-state index in [9.17, 15) is 4.79 Å². The molecule has 0 radical (unpaired) electrons. The van der Waals surface area contributed by atoms with Crippen LogP contribution < -0.4 is 10.6 Å². The minimum absolute atomic E-state index is 0.0407. The Bertz CT molecular complexity index is 649. The van der Waals surface area contributed by atoms with Gasteiger partial charge in [0.25, 0.3) is 5.91 Å². The van der Waals surface area contributed by atoms with Gasteiger partial charge >= 0.3 is 0 Å². The summed E-state index contributed by atoms with van der Waals surface area (Å²) < 4.78 is 5.09. The van der Waals surface area contributed by atoms with Crippen LogP contribution in [0.25, 0.3) is 0 Å². The van der Waals surface area contributed by atoms with Crippen LogP contribution in [0.3, 0.4) is 0 Å². The molecule has 0 bridgehead atoms. The van der Waals surface area contributed by atoms with E-state index in [1.165, 1.54) is 4.88 Å². The molecule has 0 aromatic carbocycles. The highest BCUT2D eigenvalue weighted by Gasteiger charge is 2.24. The third-order valence-electron chi connectivity index (χ3n) is 3.98. The summed E-state index contributed by atoms with van der Waals surface area (Å²) in [6, 6.07) is 2.41. The predicted molar refractivity (Wildman–Crippen MR) is 90.6 cm³/mol. The number of thiazole rings is 1. The van der Waals surface area contributed by atoms with Crippen LogP contribution in [0.15, 0.2) is 23.0 Å². The van der Waals surface area contributed by atoms with Gasteiger partial charge in [0, 0.05) is 29.6 Å². The summed E-state index contributed by atoms with van der Waals surface area (Å²) in [7, 11) is 0. The summed E-state index contributed by atoms with van der Waals surface area (Å²) in [4.78, 5) is 17.9. The standard InChI is InChI=1S/C17H23N3O2S/c1-11(2)8-19-16(21)17-20-14-4-3-13(7-15(14)23-17)18-9-12-5-6-22-10-12/h5-6,10-11,13,18H,3-4,7-9H2,1-2H3,(H,19,21)/t13-/m1/s1. The van der Waals surface area contributed by atoms with E-state index in [2.05, 4.69) is 29.5 Å². The van der Waals surface area contributed by atoms with Gasteiger partial charge in [-0.3, -0.25) is 4.79 Å². The first-order valence-corrected chi connectivity index (χ1v) is 8.94. The van der Waals surface area contributed by atoms with E-state index in [1.54, 1.807) is 23.9 Å². The topological polar surface area (TPSA) is 67.2 Å². The number of fused-ring (bicyclic) bond motifs is 1. The van der Waals surface area contributed by atoms with Gasteiger partial charge in [0.15, 0.2) is 5.01 Å². The van der Waals surface area contributed by atoms with Gasteiger partial charge in [-0.25, -0.2) is 4.98 Å². The fourth-order valence-electron chi connectivity index (χ4n) is 2.67. The van der Waals surface area contributed by atoms with Crippen LogP contribution in [0, 0.1) is 5.92 Å². The Morgan fingerprint density at radius 3 is 3.13 bits per heavy atom. The van der Waals surface area contributed by atoms with Crippen molar-refractivity contribution < 1.29 is 9.21 Å². The number of hydrogen-bond acceptors (Lipinski definition) is 5. The van der Waals surface area contributed by atoms with Gasteiger partial charge in [-0.15, -0.1) is 11.3 Å². The molecule has 2 aromatic rings. The zero-order valence-electron chi connectivity index (χ0n) is 13.6. The van der Waals surface area contributed by atoms with Crippen molar-refractivity contribution in [1.29, 1.82) is 0 Å². The number of nitrogens with one attached hydrogen (secondary N) is 2. The monoisotopic (exact) mass is 333 g/mol. The number of aryl methyl sites for hydroxylation is 1. The number of carbonyl (C=O) groups excluding carboxylic acids is 1. The maximum atomic E-state index is 12.1. The lowest BCUT2D eigenvalue weighted by Crippen LogP contribution is -2.33. The largest absolute Gasteiger partial charge is 0.472 e. The number of hydrogen-bond donors (Lipinski definition) is 2. The van der Waals surface area contributed by atoms with E-state index in [4.69, 9.17) is 4.42 Å². The number of carbonyl (C=O) groups is 1. The molecule has 2 N–H and O–H groups in total. The molecule has 0 unspecified atom stereocenters. The van der Waals surface area contributed by atoms with Crippen molar-refractivity contribution in [2.75, 3.05) is 6.54 Å². The van der Waals surface area contributed by atoms with Gasteiger partial charge in [0.2, 0.25) is 0 Å². The smallest absolute Gasteiger partial charge is 0.280 e. The van der Waals surface area contributed by atoms with Crippen molar-refractivity contribution in [1.82, 2.24) is 15.6 Å². The average molecular weight is 333 g/mol. The molecule has 1 amide bonds. The van der Waals surface area contributed by atoms with E-state index in [0.717, 1.165) is 37.1 Å². The van der Waals surface area contributed by atoms with Crippen LogP contribution in [0.5, 0.6) is 0 Å². The maximum Gasteiger partial charge on any atom is 0.280 e. The zero-order valence-corrected chi connectivity index (χ0v) is 14.4. The minimum Gasteiger partial charge on any atom is -0.472 e. The van der Waals surface area contributed by atoms with Crippen LogP contribution in [0.1, 0.15) is 46.2 Å². The first-order valence-electron chi connectivity index (χ1n) is 8.13. The van der Waals surface area contributed by atoms with Crippen LogP contribution in [-0.4, -0.2) is 23.5 Å². The normalized spacial score (nSPS) is 17.3. The lowest BCUT2D eigenvalue weighted by Gasteiger charge is -2.22. The molecule has 1 aliphatic carbocycles. The van der Waals surface area contributed by atoms with Crippen LogP contribution >= 0.6 is 11.3 Å². The Morgan fingerprint density at radius 1 is 1.52 bits per heavy atom. The number of rotatable bonds is 6. The number of furan rings is 1. The molecule has 1 aliphatic rings.